The van der Waals surface area contributed by atoms with Crippen LogP contribution < -0.4 is 0 Å². The first-order valence-electron chi connectivity index (χ1n) is 21.1. The molecule has 0 aromatic heterocycles. The maximum absolute atomic E-state index is 16.0. The first-order valence-corrected chi connectivity index (χ1v) is 21.1. The third-order valence-corrected chi connectivity index (χ3v) is 12.7. The Morgan fingerprint density at radius 2 is 0.500 bits per heavy atom. The summed E-state index contributed by atoms with van der Waals surface area (Å²) >= 11 is 0. The number of rotatable bonds is 13. The Bertz CT molecular complexity index is 3350. The molecule has 1 heterocycles. The summed E-state index contributed by atoms with van der Waals surface area (Å²) in [5.74, 6) is -52.1. The minimum Gasteiger partial charge on any atom is -0.504 e. The minimum atomic E-state index is -5.99. The Morgan fingerprint density at radius 3 is 0.769 bits per heavy atom. The highest BCUT2D eigenvalue weighted by atomic mass is 16.7. The molecule has 0 saturated carbocycles. The molecule has 408 valence electrons. The lowest BCUT2D eigenvalue weighted by atomic mass is 9.49. The van der Waals surface area contributed by atoms with Gasteiger partial charge >= 0.3 is 0 Å². The molecule has 6 atom stereocenters. The molecule has 30 nitrogen and oxygen atoms in total. The first kappa shape index (κ1) is 55.3. The summed E-state index contributed by atoms with van der Waals surface area (Å²) in [5, 5.41) is 256. The van der Waals surface area contributed by atoms with Crippen molar-refractivity contribution in [2.45, 2.75) is 34.3 Å². The topological polar surface area (TPSA) is 577 Å². The summed E-state index contributed by atoms with van der Waals surface area (Å²) in [7, 11) is 0. The molecular weight excluding hydrogens is 1060 g/mol. The minimum absolute atomic E-state index is 0.0319. The molecule has 1 saturated heterocycles. The number of aliphatic hydroxyl groups is 5. The molecule has 0 bridgehead atoms. The summed E-state index contributed by atoms with van der Waals surface area (Å²) in [6.07, 6.45) is -4.39. The summed E-state index contributed by atoms with van der Waals surface area (Å²) in [6, 6.07) is -0.489. The van der Waals surface area contributed by atoms with Gasteiger partial charge in [0.1, 0.15) is 0 Å². The van der Waals surface area contributed by atoms with Gasteiger partial charge in [-0.3, -0.25) is 28.8 Å². The predicted molar refractivity (Wildman–Crippen MR) is 244 cm³/mol. The molecule has 0 spiro atoms. The number of phenolic OH excluding ortho intramolecular Hbond substituents is 18. The van der Waals surface area contributed by atoms with E-state index in [0.29, 0.717) is 0 Å². The summed E-state index contributed by atoms with van der Waals surface area (Å²) in [5.41, 5.74) is -33.6. The summed E-state index contributed by atoms with van der Waals surface area (Å²) in [6.45, 7) is 0. The molecule has 7 rings (SSSR count). The third kappa shape index (κ3) is 7.43. The fourth-order valence-electron chi connectivity index (χ4n) is 8.74. The predicted octanol–water partition coefficient (Wildman–Crippen LogP) is -1.00. The van der Waals surface area contributed by atoms with Gasteiger partial charge in [-0.25, -0.2) is 0 Å². The molecule has 1 aliphatic heterocycles. The quantitative estimate of drug-likeness (QED) is 0.0487. The number of Topliss-reactive ketones (excluding diaryl/α,β-unsaturated/α-hetero) is 6. The number of carbonyl (C=O) groups is 6. The van der Waals surface area contributed by atoms with E-state index in [1.165, 1.54) is 0 Å². The SMILES string of the molecule is O=C(c1cc(O)c(O)c(O)c1)C(O)[C@@]1(C(=O)c2cc(O)c(O)c(O)c2)OC(O)(C(=O)c2cc(O)c(O)c(O)c2)[C@@](O)(C(=O)c2cc(O)c(O)c(O)c2)[C@](O)(C(=O)c2cc(O)c(O)c(O)c2)[C@@]1(O)C(=O)c1cc(O)c(O)c(O)c1. The van der Waals surface area contributed by atoms with Crippen LogP contribution in [0.15, 0.2) is 72.8 Å². The van der Waals surface area contributed by atoms with Gasteiger partial charge in [0.05, 0.1) is 0 Å². The van der Waals surface area contributed by atoms with E-state index >= 15 is 24.0 Å². The van der Waals surface area contributed by atoms with Crippen molar-refractivity contribution in [3.05, 3.63) is 106 Å². The molecule has 1 fully saturated rings. The lowest BCUT2D eigenvalue weighted by molar-refractivity contribution is -0.399. The number of hydrogen-bond donors (Lipinski definition) is 23. The lowest BCUT2D eigenvalue weighted by Gasteiger charge is -2.64. The van der Waals surface area contributed by atoms with Crippen molar-refractivity contribution in [3.8, 4) is 103 Å². The van der Waals surface area contributed by atoms with Gasteiger partial charge in [-0.15, -0.1) is 0 Å². The van der Waals surface area contributed by atoms with Gasteiger partial charge in [-0.2, -0.15) is 0 Å². The van der Waals surface area contributed by atoms with E-state index in [2.05, 4.69) is 0 Å². The van der Waals surface area contributed by atoms with E-state index in [4.69, 9.17) is 4.74 Å². The Kier molecular flexibility index (Phi) is 12.8. The van der Waals surface area contributed by atoms with Crippen LogP contribution in [0.5, 0.6) is 103 Å². The van der Waals surface area contributed by atoms with E-state index in [0.717, 1.165) is 0 Å². The normalized spacial score (nSPS) is 22.3. The smallest absolute Gasteiger partial charge is 0.273 e. The molecule has 6 aromatic carbocycles. The standard InChI is InChI=1S/C48H36O30/c49-19-1-13(2-20(50)32(19)62)31(61)43(73)44(38(68)14-3-21(51)33(63)22(52)4-14)45(74,39(69)15-5-23(53)34(64)24(54)6-15)46(75,40(70)16-7-25(55)35(65)26(56)8-16)47(76,41(71)17-9-27(57)36(66)28(58)10-17)48(77,78-44)42(72)18-11-29(59)37(67)30(60)12-18/h1-12,43,49-60,62-67,73-77H/t43?,44-,45-,46+,47-,48?/m1/s1. The lowest BCUT2D eigenvalue weighted by Crippen LogP contribution is -2.96. The molecule has 2 unspecified atom stereocenters. The van der Waals surface area contributed by atoms with Crippen molar-refractivity contribution in [3.63, 3.8) is 0 Å². The molecule has 78 heavy (non-hydrogen) atoms. The highest BCUT2D eigenvalue weighted by molar-refractivity contribution is 6.26. The van der Waals surface area contributed by atoms with Crippen LogP contribution in [0.3, 0.4) is 0 Å². The Balaban J connectivity index is 1.86. The number of ketones is 6. The van der Waals surface area contributed by atoms with Crippen LogP contribution >= 0.6 is 0 Å². The van der Waals surface area contributed by atoms with Gasteiger partial charge < -0.3 is 122 Å². The largest absolute Gasteiger partial charge is 0.504 e. The fourth-order valence-corrected chi connectivity index (χ4v) is 8.74. The molecule has 0 aliphatic carbocycles. The van der Waals surface area contributed by atoms with Crippen LogP contribution in [0.1, 0.15) is 62.1 Å². The number of carbonyl (C=O) groups excluding carboxylic acids is 6. The van der Waals surface area contributed by atoms with Crippen LogP contribution in [0, 0.1) is 0 Å². The average molecular weight is 1090 g/mol. The maximum atomic E-state index is 16.0. The molecule has 0 amide bonds. The maximum Gasteiger partial charge on any atom is 0.273 e. The van der Waals surface area contributed by atoms with Crippen LogP contribution in [0.25, 0.3) is 0 Å². The van der Waals surface area contributed by atoms with E-state index in [9.17, 15) is 122 Å². The zero-order valence-corrected chi connectivity index (χ0v) is 38.1. The Hall–Kier alpha value is -10.5. The number of aromatic hydroxyl groups is 18. The average Bonchev–Trinajstić information content (AvgIpc) is 3.38. The van der Waals surface area contributed by atoms with Crippen molar-refractivity contribution in [2.24, 2.45) is 0 Å². The molecule has 23 N–H and O–H groups in total. The van der Waals surface area contributed by atoms with Gasteiger partial charge in [0.25, 0.3) is 5.79 Å². The van der Waals surface area contributed by atoms with Crippen molar-refractivity contribution in [1.29, 1.82) is 0 Å². The number of aliphatic hydroxyl groups excluding tert-OH is 1. The van der Waals surface area contributed by atoms with Crippen LogP contribution in [0.2, 0.25) is 0 Å². The summed E-state index contributed by atoms with van der Waals surface area (Å²) in [4.78, 5) is 93.7. The molecule has 6 aromatic rings. The third-order valence-electron chi connectivity index (χ3n) is 12.7. The zero-order valence-electron chi connectivity index (χ0n) is 38.1. The highest BCUT2D eigenvalue weighted by Crippen LogP contribution is 2.61. The van der Waals surface area contributed by atoms with E-state index < -0.39 is 206 Å². The first-order chi connectivity index (χ1) is 36.0. The van der Waals surface area contributed by atoms with Gasteiger partial charge in [0.2, 0.25) is 51.3 Å². The number of benzene rings is 6. The number of ether oxygens (including phenoxy) is 1. The van der Waals surface area contributed by atoms with Crippen molar-refractivity contribution < 1.29 is 151 Å². The van der Waals surface area contributed by atoms with Crippen LogP contribution in [-0.2, 0) is 4.74 Å². The highest BCUT2D eigenvalue weighted by Gasteiger charge is 2.92. The second kappa shape index (κ2) is 18.1. The molecule has 0 radical (unpaired) electrons. The Morgan fingerprint density at radius 1 is 0.295 bits per heavy atom. The zero-order chi connectivity index (χ0) is 58.6. The molecule has 1 aliphatic rings. The Labute approximate surface area is 428 Å². The number of phenols is 18. The number of hydrogen-bond acceptors (Lipinski definition) is 30. The van der Waals surface area contributed by atoms with Gasteiger partial charge in [0.15, 0.2) is 115 Å². The van der Waals surface area contributed by atoms with Crippen molar-refractivity contribution >= 4 is 34.7 Å². The van der Waals surface area contributed by atoms with Crippen LogP contribution in [0.4, 0.5) is 0 Å². The second-order valence-electron chi connectivity index (χ2n) is 17.2. The van der Waals surface area contributed by atoms with Gasteiger partial charge in [0, 0.05) is 33.4 Å². The molecular formula is C48H36O30. The van der Waals surface area contributed by atoms with Gasteiger partial charge in [-0.05, 0) is 72.8 Å². The van der Waals surface area contributed by atoms with E-state index in [1.807, 2.05) is 0 Å². The summed E-state index contributed by atoms with van der Waals surface area (Å²) < 4.78 is 5.55. The molecule has 30 heteroatoms. The fraction of sp³-hybridized carbons (Fsp3) is 0.125. The monoisotopic (exact) mass is 1090 g/mol. The van der Waals surface area contributed by atoms with Gasteiger partial charge in [-0.1, -0.05) is 0 Å². The van der Waals surface area contributed by atoms with Crippen LogP contribution in [-0.4, -0.2) is 186 Å². The van der Waals surface area contributed by atoms with Crippen molar-refractivity contribution in [2.75, 3.05) is 0 Å². The van der Waals surface area contributed by atoms with E-state index in [1.54, 1.807) is 0 Å². The van der Waals surface area contributed by atoms with E-state index in [-0.39, 0.29) is 72.8 Å². The van der Waals surface area contributed by atoms with Crippen molar-refractivity contribution in [1.82, 2.24) is 0 Å². The second-order valence-corrected chi connectivity index (χ2v) is 17.2.